The second kappa shape index (κ2) is 11.0. The summed E-state index contributed by atoms with van der Waals surface area (Å²) < 4.78 is 50.2. The van der Waals surface area contributed by atoms with E-state index in [4.69, 9.17) is 9.47 Å². The average molecular weight is 550 g/mol. The zero-order chi connectivity index (χ0) is 26.6. The molecule has 1 amide bonds. The number of ether oxygens (including phenoxy) is 2. The van der Waals surface area contributed by atoms with Crippen LogP contribution in [-0.2, 0) is 6.18 Å². The molecule has 0 saturated carbocycles. The number of halogens is 3. The summed E-state index contributed by atoms with van der Waals surface area (Å²) in [5, 5.41) is 13.7. The summed E-state index contributed by atoms with van der Waals surface area (Å²) in [5.41, 5.74) is 0.152. The van der Waals surface area contributed by atoms with Crippen LogP contribution in [0.3, 0.4) is 0 Å². The summed E-state index contributed by atoms with van der Waals surface area (Å²) in [6, 6.07) is 13.7. The van der Waals surface area contributed by atoms with Crippen LogP contribution < -0.4 is 14.8 Å². The predicted molar refractivity (Wildman–Crippen MR) is 134 cm³/mol. The highest BCUT2D eigenvalue weighted by atomic mass is 32.1. The van der Waals surface area contributed by atoms with Gasteiger partial charge in [-0.25, -0.2) is 4.98 Å². The van der Waals surface area contributed by atoms with Crippen LogP contribution in [0.2, 0.25) is 0 Å². The molecule has 2 aromatic carbocycles. The largest absolute Gasteiger partial charge is 0.494 e. The number of carbonyl (C=O) groups excluding carboxylic acids is 1. The number of thiophene rings is 1. The predicted octanol–water partition coefficient (Wildman–Crippen LogP) is 7.63. The maximum atomic E-state index is 12.9. The van der Waals surface area contributed by atoms with E-state index in [9.17, 15) is 28.1 Å². The van der Waals surface area contributed by atoms with Crippen LogP contribution in [0.1, 0.15) is 28.6 Å². The highest BCUT2D eigenvalue weighted by Gasteiger charge is 2.30. The van der Waals surface area contributed by atoms with Gasteiger partial charge in [0.25, 0.3) is 5.91 Å². The minimum absolute atomic E-state index is 0.117. The molecule has 0 bridgehead atoms. The number of nitrogens with zero attached hydrogens (tertiary/aromatic N) is 2. The van der Waals surface area contributed by atoms with Crippen molar-refractivity contribution in [3.63, 3.8) is 0 Å². The minimum Gasteiger partial charge on any atom is -0.494 e. The lowest BCUT2D eigenvalue weighted by Gasteiger charge is -2.09. The molecule has 0 unspecified atom stereocenters. The number of nitro groups is 1. The summed E-state index contributed by atoms with van der Waals surface area (Å²) in [7, 11) is 0. The number of aromatic nitrogens is 1. The number of amides is 1. The summed E-state index contributed by atoms with van der Waals surface area (Å²) in [4.78, 5) is 27.5. The molecule has 1 N–H and O–H groups in total. The van der Waals surface area contributed by atoms with Gasteiger partial charge >= 0.3 is 11.2 Å². The Balaban J connectivity index is 1.62. The first-order chi connectivity index (χ1) is 17.6. The van der Waals surface area contributed by atoms with Crippen LogP contribution in [0.5, 0.6) is 16.6 Å². The van der Waals surface area contributed by atoms with Crippen LogP contribution in [0.25, 0.3) is 11.3 Å². The molecule has 0 aliphatic carbocycles. The summed E-state index contributed by atoms with van der Waals surface area (Å²) >= 11 is 1.68. The van der Waals surface area contributed by atoms with Gasteiger partial charge in [-0.3, -0.25) is 20.2 Å². The number of rotatable bonds is 9. The van der Waals surface area contributed by atoms with E-state index in [2.05, 4.69) is 10.3 Å². The Labute approximate surface area is 216 Å². The van der Waals surface area contributed by atoms with Crippen molar-refractivity contribution < 1.29 is 32.4 Å². The van der Waals surface area contributed by atoms with Crippen molar-refractivity contribution in [1.29, 1.82) is 0 Å². The molecule has 0 spiro atoms. The number of nitrogens with one attached hydrogen (secondary N) is 1. The monoisotopic (exact) mass is 549 g/mol. The second-order valence-corrected chi connectivity index (χ2v) is 9.53. The lowest BCUT2D eigenvalue weighted by molar-refractivity contribution is -0.380. The zero-order valence-electron chi connectivity index (χ0n) is 19.1. The maximum absolute atomic E-state index is 12.9. The van der Waals surface area contributed by atoms with Gasteiger partial charge in [-0.1, -0.05) is 29.6 Å². The number of thiazole rings is 1. The van der Waals surface area contributed by atoms with E-state index >= 15 is 0 Å². The van der Waals surface area contributed by atoms with E-state index in [1.54, 1.807) is 24.3 Å². The van der Waals surface area contributed by atoms with Crippen LogP contribution in [0.15, 0.2) is 60.7 Å². The molecule has 37 heavy (non-hydrogen) atoms. The van der Waals surface area contributed by atoms with Crippen LogP contribution in [-0.4, -0.2) is 22.4 Å². The van der Waals surface area contributed by atoms with Crippen LogP contribution >= 0.6 is 22.7 Å². The molecule has 0 aliphatic rings. The first kappa shape index (κ1) is 26.1. The van der Waals surface area contributed by atoms with Gasteiger partial charge in [0.15, 0.2) is 5.13 Å². The van der Waals surface area contributed by atoms with Gasteiger partial charge in [-0.2, -0.15) is 13.2 Å². The fourth-order valence-electron chi connectivity index (χ4n) is 3.07. The molecule has 0 saturated heterocycles. The molecular weight excluding hydrogens is 531 g/mol. The Bertz CT molecular complexity index is 1400. The highest BCUT2D eigenvalue weighted by molar-refractivity contribution is 7.19. The van der Waals surface area contributed by atoms with Gasteiger partial charge in [-0.05, 0) is 61.0 Å². The fourth-order valence-corrected chi connectivity index (χ4v) is 4.64. The topological polar surface area (TPSA) is 104 Å². The van der Waals surface area contributed by atoms with Gasteiger partial charge in [-0.15, -0.1) is 0 Å². The molecule has 4 rings (SSSR count). The Morgan fingerprint density at radius 3 is 2.30 bits per heavy atom. The third-order valence-corrected chi connectivity index (χ3v) is 6.69. The molecule has 13 heteroatoms. The molecule has 0 atom stereocenters. The third-order valence-electron chi connectivity index (χ3n) is 4.80. The molecule has 0 aliphatic heterocycles. The second-order valence-electron chi connectivity index (χ2n) is 7.50. The van der Waals surface area contributed by atoms with Gasteiger partial charge in [0.2, 0.25) is 5.06 Å². The molecule has 2 heterocycles. The molecule has 0 radical (unpaired) electrons. The van der Waals surface area contributed by atoms with E-state index in [1.165, 1.54) is 24.3 Å². The molecule has 4 aromatic rings. The Morgan fingerprint density at radius 2 is 1.70 bits per heavy atom. The van der Waals surface area contributed by atoms with Crippen molar-refractivity contribution >= 4 is 38.7 Å². The number of hydrogen-bond acceptors (Lipinski definition) is 8. The zero-order valence-corrected chi connectivity index (χ0v) is 20.7. The molecular formula is C24H18F3N3O5S2. The smallest absolute Gasteiger partial charge is 0.416 e. The van der Waals surface area contributed by atoms with Crippen molar-refractivity contribution in [3.8, 4) is 27.8 Å². The van der Waals surface area contributed by atoms with Crippen molar-refractivity contribution in [2.45, 2.75) is 19.5 Å². The Hall–Kier alpha value is -3.97. The minimum atomic E-state index is -4.48. The number of anilines is 1. The van der Waals surface area contributed by atoms with Crippen LogP contribution in [0.4, 0.5) is 23.3 Å². The Kier molecular flexibility index (Phi) is 7.74. The van der Waals surface area contributed by atoms with Crippen molar-refractivity contribution in [3.05, 3.63) is 81.2 Å². The summed E-state index contributed by atoms with van der Waals surface area (Å²) in [6.45, 7) is 2.54. The normalized spacial score (nSPS) is 11.2. The van der Waals surface area contributed by atoms with Gasteiger partial charge in [0, 0.05) is 11.6 Å². The number of benzene rings is 2. The van der Waals surface area contributed by atoms with Gasteiger partial charge in [0.1, 0.15) is 17.2 Å². The van der Waals surface area contributed by atoms with E-state index in [0.29, 0.717) is 23.6 Å². The number of alkyl halides is 3. The van der Waals surface area contributed by atoms with Crippen molar-refractivity contribution in [2.75, 3.05) is 11.9 Å². The third kappa shape index (κ3) is 6.43. The number of carbonyl (C=O) groups is 1. The SMILES string of the molecule is CCCOc1ccc(-c2nc(NC(=O)c3ccc([N+](=O)[O-])s3)sc2Oc2ccc(C(F)(F)F)cc2)cc1. The summed E-state index contributed by atoms with van der Waals surface area (Å²) in [5.74, 6) is 0.203. The van der Waals surface area contributed by atoms with Crippen LogP contribution in [0, 0.1) is 10.1 Å². The molecule has 192 valence electrons. The highest BCUT2D eigenvalue weighted by Crippen LogP contribution is 2.42. The van der Waals surface area contributed by atoms with Crippen molar-refractivity contribution in [1.82, 2.24) is 4.98 Å². The van der Waals surface area contributed by atoms with Gasteiger partial charge in [0.05, 0.1) is 22.0 Å². The number of hydrogen-bond donors (Lipinski definition) is 1. The molecule has 0 fully saturated rings. The fraction of sp³-hybridized carbons (Fsp3) is 0.167. The maximum Gasteiger partial charge on any atom is 0.416 e. The van der Waals surface area contributed by atoms with Gasteiger partial charge < -0.3 is 9.47 Å². The molecule has 8 nitrogen and oxygen atoms in total. The van der Waals surface area contributed by atoms with E-state index in [0.717, 1.165) is 41.2 Å². The Morgan fingerprint density at radius 1 is 1.03 bits per heavy atom. The van der Waals surface area contributed by atoms with Crippen molar-refractivity contribution in [2.24, 2.45) is 0 Å². The van der Waals surface area contributed by atoms with E-state index in [-0.39, 0.29) is 25.8 Å². The van der Waals surface area contributed by atoms with E-state index in [1.807, 2.05) is 6.92 Å². The first-order valence-corrected chi connectivity index (χ1v) is 12.4. The summed E-state index contributed by atoms with van der Waals surface area (Å²) in [6.07, 6.45) is -3.64. The standard InChI is InChI=1S/C24H18F3N3O5S2/c1-2-13-34-16-7-3-14(4-8-16)20-22(35-17-9-5-15(6-10-17)24(25,26)27)37-23(28-20)29-21(31)18-11-12-19(36-18)30(32)33/h3-12H,2,13H2,1H3,(H,28,29,31). The lowest BCUT2D eigenvalue weighted by atomic mass is 10.1. The quantitative estimate of drug-likeness (QED) is 0.170. The van der Waals surface area contributed by atoms with E-state index < -0.39 is 22.6 Å². The first-order valence-electron chi connectivity index (χ1n) is 10.8. The average Bonchev–Trinajstić information content (AvgIpc) is 3.51. The lowest BCUT2D eigenvalue weighted by Crippen LogP contribution is -2.09. The molecule has 2 aromatic heterocycles.